The number of aromatic nitrogens is 1. The van der Waals surface area contributed by atoms with Gasteiger partial charge in [0.05, 0.1) is 5.69 Å². The summed E-state index contributed by atoms with van der Waals surface area (Å²) in [7, 11) is 0. The first kappa shape index (κ1) is 15.2. The molecular weight excluding hydrogens is 290 g/mol. The summed E-state index contributed by atoms with van der Waals surface area (Å²) in [6.45, 7) is 3.77. The monoisotopic (exact) mass is 309 g/mol. The van der Waals surface area contributed by atoms with E-state index in [0.717, 1.165) is 27.9 Å². The van der Waals surface area contributed by atoms with Crippen LogP contribution < -0.4 is 4.74 Å². The van der Waals surface area contributed by atoms with Crippen molar-refractivity contribution < 1.29 is 14.3 Å². The van der Waals surface area contributed by atoms with Crippen LogP contribution in [0, 0.1) is 0 Å². The third kappa shape index (κ3) is 3.54. The second kappa shape index (κ2) is 6.57. The van der Waals surface area contributed by atoms with Crippen molar-refractivity contribution >= 4 is 16.9 Å². The van der Waals surface area contributed by atoms with Crippen molar-refractivity contribution in [2.75, 3.05) is 0 Å². The van der Waals surface area contributed by atoms with Crippen LogP contribution in [0.1, 0.15) is 31.2 Å². The van der Waals surface area contributed by atoms with Crippen LogP contribution in [-0.2, 0) is 16.1 Å². The molecule has 2 aromatic carbocycles. The number of H-pyrrole nitrogens is 1. The van der Waals surface area contributed by atoms with Gasteiger partial charge in [0.15, 0.2) is 0 Å². The zero-order valence-electron chi connectivity index (χ0n) is 13.2. The van der Waals surface area contributed by atoms with Gasteiger partial charge in [-0.3, -0.25) is 4.79 Å². The molecule has 1 atom stereocenters. The van der Waals surface area contributed by atoms with Crippen molar-refractivity contribution in [1.82, 2.24) is 4.98 Å². The van der Waals surface area contributed by atoms with E-state index in [0.29, 0.717) is 6.61 Å². The van der Waals surface area contributed by atoms with E-state index >= 15 is 0 Å². The largest absolute Gasteiger partial charge is 0.488 e. The van der Waals surface area contributed by atoms with Crippen LogP contribution in [0.25, 0.3) is 10.9 Å². The first-order valence-electron chi connectivity index (χ1n) is 7.59. The Bertz CT molecular complexity index is 808. The lowest BCUT2D eigenvalue weighted by molar-refractivity contribution is -0.145. The molecule has 4 nitrogen and oxygen atoms in total. The van der Waals surface area contributed by atoms with E-state index in [1.54, 1.807) is 0 Å². The summed E-state index contributed by atoms with van der Waals surface area (Å²) in [6.07, 6.45) is -0.318. The molecule has 118 valence electrons. The van der Waals surface area contributed by atoms with Crippen molar-refractivity contribution in [2.45, 2.75) is 26.6 Å². The maximum absolute atomic E-state index is 11.1. The van der Waals surface area contributed by atoms with Crippen molar-refractivity contribution in [3.05, 3.63) is 65.9 Å². The van der Waals surface area contributed by atoms with Crippen molar-refractivity contribution in [2.24, 2.45) is 0 Å². The molecule has 23 heavy (non-hydrogen) atoms. The predicted octanol–water partition coefficient (Wildman–Crippen LogP) is 4.37. The Kier molecular flexibility index (Phi) is 4.33. The van der Waals surface area contributed by atoms with Gasteiger partial charge in [0.25, 0.3) is 0 Å². The van der Waals surface area contributed by atoms with Gasteiger partial charge in [-0.1, -0.05) is 36.4 Å². The average molecular weight is 309 g/mol. The summed E-state index contributed by atoms with van der Waals surface area (Å²) in [5.74, 6) is 0.514. The number of ether oxygens (including phenoxy) is 2. The lowest BCUT2D eigenvalue weighted by atomic mass is 10.2. The SMILES string of the molecule is CC(=O)O[C@H](C)c1cc2c(OCc3ccccc3)cccc2[nH]1. The Morgan fingerprint density at radius 1 is 1.13 bits per heavy atom. The van der Waals surface area contributed by atoms with Gasteiger partial charge in [-0.05, 0) is 30.7 Å². The van der Waals surface area contributed by atoms with Gasteiger partial charge >= 0.3 is 5.97 Å². The number of rotatable bonds is 5. The quantitative estimate of drug-likeness (QED) is 0.712. The highest BCUT2D eigenvalue weighted by molar-refractivity contribution is 5.86. The fourth-order valence-electron chi connectivity index (χ4n) is 2.54. The molecule has 0 aliphatic rings. The Morgan fingerprint density at radius 3 is 2.65 bits per heavy atom. The standard InChI is InChI=1S/C19H19NO3/c1-13(23-14(2)21)18-11-16-17(20-18)9-6-10-19(16)22-12-15-7-4-3-5-8-15/h3-11,13,20H,12H2,1-2H3/t13-/m1/s1. The average Bonchev–Trinajstić information content (AvgIpc) is 2.98. The van der Waals surface area contributed by atoms with Crippen LogP contribution >= 0.6 is 0 Å². The molecule has 0 saturated carbocycles. The lowest BCUT2D eigenvalue weighted by Gasteiger charge is -2.09. The van der Waals surface area contributed by atoms with E-state index in [-0.39, 0.29) is 12.1 Å². The molecule has 1 heterocycles. The molecule has 1 aromatic heterocycles. The summed E-state index contributed by atoms with van der Waals surface area (Å²) in [6, 6.07) is 17.9. The number of hydrogen-bond donors (Lipinski definition) is 1. The summed E-state index contributed by atoms with van der Waals surface area (Å²) < 4.78 is 11.2. The number of carbonyl (C=O) groups excluding carboxylic acids is 1. The molecule has 0 bridgehead atoms. The zero-order chi connectivity index (χ0) is 16.2. The molecule has 1 N–H and O–H groups in total. The zero-order valence-corrected chi connectivity index (χ0v) is 13.2. The molecule has 0 saturated heterocycles. The number of nitrogens with one attached hydrogen (secondary N) is 1. The van der Waals surface area contributed by atoms with Crippen LogP contribution in [0.15, 0.2) is 54.6 Å². The first-order valence-corrected chi connectivity index (χ1v) is 7.59. The number of carbonyl (C=O) groups is 1. The highest BCUT2D eigenvalue weighted by Gasteiger charge is 2.13. The van der Waals surface area contributed by atoms with Gasteiger partial charge in [-0.25, -0.2) is 0 Å². The fourth-order valence-corrected chi connectivity index (χ4v) is 2.54. The van der Waals surface area contributed by atoms with Gasteiger partial charge in [0, 0.05) is 17.8 Å². The maximum Gasteiger partial charge on any atom is 0.303 e. The molecule has 0 unspecified atom stereocenters. The Labute approximate surface area is 135 Å². The predicted molar refractivity (Wildman–Crippen MR) is 89.3 cm³/mol. The number of fused-ring (bicyclic) bond motifs is 1. The minimum absolute atomic E-state index is 0.295. The molecule has 0 amide bonds. The highest BCUT2D eigenvalue weighted by atomic mass is 16.5. The topological polar surface area (TPSA) is 51.3 Å². The number of esters is 1. The molecule has 0 aliphatic carbocycles. The molecule has 0 spiro atoms. The number of aromatic amines is 1. The molecule has 3 rings (SSSR count). The van der Waals surface area contributed by atoms with E-state index in [9.17, 15) is 4.79 Å². The van der Waals surface area contributed by atoms with Crippen LogP contribution in [0.4, 0.5) is 0 Å². The Balaban J connectivity index is 1.83. The highest BCUT2D eigenvalue weighted by Crippen LogP contribution is 2.30. The van der Waals surface area contributed by atoms with Gasteiger partial charge in [-0.15, -0.1) is 0 Å². The van der Waals surface area contributed by atoms with Crippen LogP contribution in [-0.4, -0.2) is 11.0 Å². The van der Waals surface area contributed by atoms with Gasteiger partial charge in [-0.2, -0.15) is 0 Å². The second-order valence-electron chi connectivity index (χ2n) is 5.47. The third-order valence-corrected chi connectivity index (χ3v) is 3.66. The molecule has 0 radical (unpaired) electrons. The normalized spacial score (nSPS) is 12.1. The van der Waals surface area contributed by atoms with E-state index in [4.69, 9.17) is 9.47 Å². The lowest BCUT2D eigenvalue weighted by Crippen LogP contribution is -2.04. The van der Waals surface area contributed by atoms with Gasteiger partial charge in [0.1, 0.15) is 18.5 Å². The molecule has 0 fully saturated rings. The minimum Gasteiger partial charge on any atom is -0.488 e. The third-order valence-electron chi connectivity index (χ3n) is 3.66. The van der Waals surface area contributed by atoms with Crippen molar-refractivity contribution in [1.29, 1.82) is 0 Å². The van der Waals surface area contributed by atoms with E-state index in [1.807, 2.05) is 61.5 Å². The molecule has 3 aromatic rings. The molecular formula is C19H19NO3. The van der Waals surface area contributed by atoms with Crippen LogP contribution in [0.3, 0.4) is 0 Å². The van der Waals surface area contributed by atoms with Gasteiger partial charge < -0.3 is 14.5 Å². The first-order chi connectivity index (χ1) is 11.1. The summed E-state index contributed by atoms with van der Waals surface area (Å²) in [5.41, 5.74) is 2.93. The minimum atomic E-state index is -0.318. The fraction of sp³-hybridized carbons (Fsp3) is 0.211. The van der Waals surface area contributed by atoms with Crippen molar-refractivity contribution in [3.63, 3.8) is 0 Å². The van der Waals surface area contributed by atoms with E-state index < -0.39 is 0 Å². The van der Waals surface area contributed by atoms with Crippen LogP contribution in [0.2, 0.25) is 0 Å². The number of benzene rings is 2. The van der Waals surface area contributed by atoms with Crippen molar-refractivity contribution in [3.8, 4) is 5.75 Å². The maximum atomic E-state index is 11.1. The van der Waals surface area contributed by atoms with E-state index in [1.165, 1.54) is 6.92 Å². The molecule has 0 aliphatic heterocycles. The number of hydrogen-bond acceptors (Lipinski definition) is 3. The Hall–Kier alpha value is -2.75. The summed E-state index contributed by atoms with van der Waals surface area (Å²) in [4.78, 5) is 14.4. The smallest absolute Gasteiger partial charge is 0.303 e. The van der Waals surface area contributed by atoms with E-state index in [2.05, 4.69) is 4.98 Å². The Morgan fingerprint density at radius 2 is 1.91 bits per heavy atom. The second-order valence-corrected chi connectivity index (χ2v) is 5.47. The van der Waals surface area contributed by atoms with Gasteiger partial charge in [0.2, 0.25) is 0 Å². The van der Waals surface area contributed by atoms with Crippen LogP contribution in [0.5, 0.6) is 5.75 Å². The summed E-state index contributed by atoms with van der Waals surface area (Å²) >= 11 is 0. The summed E-state index contributed by atoms with van der Waals surface area (Å²) in [5, 5.41) is 0.984. The molecule has 4 heteroatoms.